The molecular formula is C15H22N2OS. The molecule has 4 heteroatoms. The SMILES string of the molecule is Cc1cscc1C(=O)N1CCC(NCC2CC2)CC1. The summed E-state index contributed by atoms with van der Waals surface area (Å²) in [6.07, 6.45) is 5.01. The van der Waals surface area contributed by atoms with Crippen molar-refractivity contribution in [3.63, 3.8) is 0 Å². The highest BCUT2D eigenvalue weighted by Gasteiger charge is 2.26. The molecule has 2 heterocycles. The van der Waals surface area contributed by atoms with Gasteiger partial charge in [-0.2, -0.15) is 11.3 Å². The van der Waals surface area contributed by atoms with E-state index in [4.69, 9.17) is 0 Å². The van der Waals surface area contributed by atoms with Gasteiger partial charge in [0.05, 0.1) is 5.56 Å². The number of carbonyl (C=O) groups is 1. The molecule has 1 N–H and O–H groups in total. The number of piperidine rings is 1. The number of hydrogen-bond acceptors (Lipinski definition) is 3. The largest absolute Gasteiger partial charge is 0.338 e. The molecule has 2 aliphatic rings. The minimum Gasteiger partial charge on any atom is -0.338 e. The first-order valence-electron chi connectivity index (χ1n) is 7.29. The molecule has 3 nitrogen and oxygen atoms in total. The Morgan fingerprint density at radius 2 is 2.05 bits per heavy atom. The lowest BCUT2D eigenvalue weighted by Crippen LogP contribution is -2.45. The fraction of sp³-hybridized carbons (Fsp3) is 0.667. The van der Waals surface area contributed by atoms with Crippen LogP contribution in [0.25, 0.3) is 0 Å². The molecule has 0 atom stereocenters. The van der Waals surface area contributed by atoms with E-state index in [0.29, 0.717) is 6.04 Å². The van der Waals surface area contributed by atoms with Crippen molar-refractivity contribution < 1.29 is 4.79 Å². The Morgan fingerprint density at radius 3 is 2.63 bits per heavy atom. The van der Waals surface area contributed by atoms with Crippen molar-refractivity contribution in [3.05, 3.63) is 21.9 Å². The first-order valence-corrected chi connectivity index (χ1v) is 8.24. The van der Waals surface area contributed by atoms with E-state index in [0.717, 1.165) is 43.0 Å². The van der Waals surface area contributed by atoms with Crippen LogP contribution in [0, 0.1) is 12.8 Å². The molecular weight excluding hydrogens is 256 g/mol. The van der Waals surface area contributed by atoms with E-state index in [2.05, 4.69) is 10.7 Å². The van der Waals surface area contributed by atoms with Crippen LogP contribution in [0.1, 0.15) is 41.6 Å². The standard InChI is InChI=1S/C15H22N2OS/c1-11-9-19-10-14(11)15(18)17-6-4-13(5-7-17)16-8-12-2-3-12/h9-10,12-13,16H,2-8H2,1H3. The van der Waals surface area contributed by atoms with Crippen molar-refractivity contribution in [1.82, 2.24) is 10.2 Å². The molecule has 0 spiro atoms. The first-order chi connectivity index (χ1) is 9.24. The number of aryl methyl sites for hydroxylation is 1. The van der Waals surface area contributed by atoms with Gasteiger partial charge in [0, 0.05) is 24.5 Å². The smallest absolute Gasteiger partial charge is 0.254 e. The van der Waals surface area contributed by atoms with Gasteiger partial charge in [-0.15, -0.1) is 0 Å². The van der Waals surface area contributed by atoms with Crippen LogP contribution in [0.3, 0.4) is 0 Å². The molecule has 1 aromatic rings. The summed E-state index contributed by atoms with van der Waals surface area (Å²) < 4.78 is 0. The third-order valence-electron chi connectivity index (χ3n) is 4.26. The van der Waals surface area contributed by atoms with Gasteiger partial charge < -0.3 is 10.2 Å². The lowest BCUT2D eigenvalue weighted by molar-refractivity contribution is 0.0705. The number of thiophene rings is 1. The molecule has 0 bridgehead atoms. The Hall–Kier alpha value is -0.870. The zero-order valence-corrected chi connectivity index (χ0v) is 12.3. The number of carbonyl (C=O) groups excluding carboxylic acids is 1. The van der Waals surface area contributed by atoms with Gasteiger partial charge in [0.25, 0.3) is 5.91 Å². The van der Waals surface area contributed by atoms with Gasteiger partial charge in [-0.3, -0.25) is 4.79 Å². The molecule has 3 rings (SSSR count). The van der Waals surface area contributed by atoms with E-state index < -0.39 is 0 Å². The molecule has 1 saturated heterocycles. The summed E-state index contributed by atoms with van der Waals surface area (Å²) in [5.74, 6) is 1.16. The topological polar surface area (TPSA) is 32.3 Å². The van der Waals surface area contributed by atoms with E-state index in [1.54, 1.807) is 11.3 Å². The van der Waals surface area contributed by atoms with Gasteiger partial charge in [-0.05, 0) is 56.0 Å². The van der Waals surface area contributed by atoms with Gasteiger partial charge in [-0.25, -0.2) is 0 Å². The second kappa shape index (κ2) is 5.63. The fourth-order valence-corrected chi connectivity index (χ4v) is 3.51. The van der Waals surface area contributed by atoms with Crippen molar-refractivity contribution in [2.75, 3.05) is 19.6 Å². The fourth-order valence-electron chi connectivity index (χ4n) is 2.69. The van der Waals surface area contributed by atoms with Crippen LogP contribution < -0.4 is 5.32 Å². The molecule has 0 aromatic carbocycles. The summed E-state index contributed by atoms with van der Waals surface area (Å²) in [4.78, 5) is 14.4. The summed E-state index contributed by atoms with van der Waals surface area (Å²) in [6, 6.07) is 0.619. The van der Waals surface area contributed by atoms with Gasteiger partial charge in [0.2, 0.25) is 0 Å². The Morgan fingerprint density at radius 1 is 1.32 bits per heavy atom. The minimum absolute atomic E-state index is 0.222. The first kappa shape index (κ1) is 13.1. The van der Waals surface area contributed by atoms with Crippen molar-refractivity contribution in [2.24, 2.45) is 5.92 Å². The Balaban J connectivity index is 1.49. The molecule has 0 radical (unpaired) electrons. The third-order valence-corrected chi connectivity index (χ3v) is 5.12. The summed E-state index contributed by atoms with van der Waals surface area (Å²) in [6.45, 7) is 5.00. The van der Waals surface area contributed by atoms with Crippen molar-refractivity contribution in [3.8, 4) is 0 Å². The highest BCUT2D eigenvalue weighted by atomic mass is 32.1. The molecule has 1 amide bonds. The van der Waals surface area contributed by atoms with E-state index in [-0.39, 0.29) is 5.91 Å². The number of nitrogens with one attached hydrogen (secondary N) is 1. The predicted octanol–water partition coefficient (Wildman–Crippen LogP) is 2.66. The van der Waals surface area contributed by atoms with Crippen LogP contribution in [-0.2, 0) is 0 Å². The van der Waals surface area contributed by atoms with Crippen molar-refractivity contribution in [1.29, 1.82) is 0 Å². The zero-order chi connectivity index (χ0) is 13.2. The molecule has 1 aliphatic heterocycles. The molecule has 1 aromatic heterocycles. The average molecular weight is 278 g/mol. The number of hydrogen-bond donors (Lipinski definition) is 1. The summed E-state index contributed by atoms with van der Waals surface area (Å²) in [5, 5.41) is 7.69. The average Bonchev–Trinajstić information content (AvgIpc) is 3.17. The highest BCUT2D eigenvalue weighted by Crippen LogP contribution is 2.28. The number of nitrogens with zero attached hydrogens (tertiary/aromatic N) is 1. The number of amides is 1. The second-order valence-corrected chi connectivity index (χ2v) is 6.63. The van der Waals surface area contributed by atoms with E-state index >= 15 is 0 Å². The van der Waals surface area contributed by atoms with Crippen LogP contribution in [0.2, 0.25) is 0 Å². The Labute approximate surface area is 119 Å². The maximum Gasteiger partial charge on any atom is 0.254 e. The molecule has 1 saturated carbocycles. The van der Waals surface area contributed by atoms with Crippen LogP contribution in [0.5, 0.6) is 0 Å². The lowest BCUT2D eigenvalue weighted by atomic mass is 10.0. The highest BCUT2D eigenvalue weighted by molar-refractivity contribution is 7.08. The summed E-state index contributed by atoms with van der Waals surface area (Å²) in [5.41, 5.74) is 2.01. The molecule has 19 heavy (non-hydrogen) atoms. The maximum atomic E-state index is 12.4. The Bertz CT molecular complexity index is 445. The van der Waals surface area contributed by atoms with Crippen LogP contribution >= 0.6 is 11.3 Å². The van der Waals surface area contributed by atoms with Gasteiger partial charge in [0.1, 0.15) is 0 Å². The van der Waals surface area contributed by atoms with E-state index in [1.165, 1.54) is 19.4 Å². The second-order valence-electron chi connectivity index (χ2n) is 5.89. The lowest BCUT2D eigenvalue weighted by Gasteiger charge is -2.32. The summed E-state index contributed by atoms with van der Waals surface area (Å²) >= 11 is 1.62. The van der Waals surface area contributed by atoms with Gasteiger partial charge in [0.15, 0.2) is 0 Å². The monoisotopic (exact) mass is 278 g/mol. The quantitative estimate of drug-likeness (QED) is 0.918. The number of rotatable bonds is 4. The van der Waals surface area contributed by atoms with Crippen molar-refractivity contribution >= 4 is 17.2 Å². The van der Waals surface area contributed by atoms with Crippen LogP contribution in [0.15, 0.2) is 10.8 Å². The third kappa shape index (κ3) is 3.18. The number of likely N-dealkylation sites (tertiary alicyclic amines) is 1. The van der Waals surface area contributed by atoms with Crippen LogP contribution in [0.4, 0.5) is 0 Å². The van der Waals surface area contributed by atoms with Gasteiger partial charge >= 0.3 is 0 Å². The van der Waals surface area contributed by atoms with Crippen molar-refractivity contribution in [2.45, 2.75) is 38.6 Å². The van der Waals surface area contributed by atoms with E-state index in [9.17, 15) is 4.79 Å². The normalized spacial score (nSPS) is 20.8. The molecule has 2 fully saturated rings. The molecule has 1 aliphatic carbocycles. The Kier molecular flexibility index (Phi) is 3.89. The minimum atomic E-state index is 0.222. The molecule has 0 unspecified atom stereocenters. The van der Waals surface area contributed by atoms with Gasteiger partial charge in [-0.1, -0.05) is 0 Å². The van der Waals surface area contributed by atoms with Crippen LogP contribution in [-0.4, -0.2) is 36.5 Å². The predicted molar refractivity (Wildman–Crippen MR) is 78.7 cm³/mol. The zero-order valence-electron chi connectivity index (χ0n) is 11.5. The van der Waals surface area contributed by atoms with E-state index in [1.807, 2.05) is 17.2 Å². The summed E-state index contributed by atoms with van der Waals surface area (Å²) in [7, 11) is 0. The maximum absolute atomic E-state index is 12.4. The molecule has 104 valence electrons.